The Kier molecular flexibility index (Phi) is 4.79. The molecule has 0 aromatic heterocycles. The Balaban J connectivity index is 3.51. The van der Waals surface area contributed by atoms with Gasteiger partial charge >= 0.3 is 0 Å². The third kappa shape index (κ3) is 7.45. The van der Waals surface area contributed by atoms with Gasteiger partial charge in [0.1, 0.15) is 0 Å². The second-order valence-corrected chi connectivity index (χ2v) is 3.75. The van der Waals surface area contributed by atoms with Crippen molar-refractivity contribution in [3.63, 3.8) is 0 Å². The second-order valence-electron chi connectivity index (χ2n) is 2.17. The Hall–Kier alpha value is -0.660. The molecule has 0 bridgehead atoms. The van der Waals surface area contributed by atoms with Crippen molar-refractivity contribution in [2.75, 3.05) is 18.8 Å². The van der Waals surface area contributed by atoms with E-state index in [1.807, 2.05) is 0 Å². The van der Waals surface area contributed by atoms with Crippen LogP contribution in [0.1, 0.15) is 6.42 Å². The zero-order chi connectivity index (χ0) is 9.61. The van der Waals surface area contributed by atoms with E-state index in [2.05, 4.69) is 5.32 Å². The highest BCUT2D eigenvalue weighted by atomic mass is 32.2. The summed E-state index contributed by atoms with van der Waals surface area (Å²) in [6.45, 7) is 0.134. The summed E-state index contributed by atoms with van der Waals surface area (Å²) in [6, 6.07) is 0. The number of carbonyl (C=O) groups is 1. The zero-order valence-electron chi connectivity index (χ0n) is 6.49. The quantitative estimate of drug-likeness (QED) is 0.456. The number of hydrogen-bond acceptors (Lipinski definition) is 4. The maximum atomic E-state index is 10.7. The molecule has 0 aliphatic carbocycles. The van der Waals surface area contributed by atoms with Gasteiger partial charge in [-0.05, 0) is 0 Å². The van der Waals surface area contributed by atoms with Crippen LogP contribution < -0.4 is 11.1 Å². The molecular weight excluding hydrogens is 184 g/mol. The summed E-state index contributed by atoms with van der Waals surface area (Å²) in [6.07, 6.45) is 0.158. The molecule has 0 spiro atoms. The lowest BCUT2D eigenvalue weighted by Gasteiger charge is -2.01. The van der Waals surface area contributed by atoms with Crippen LogP contribution in [0.3, 0.4) is 0 Å². The van der Waals surface area contributed by atoms with Crippen molar-refractivity contribution in [1.29, 1.82) is 0 Å². The van der Waals surface area contributed by atoms with Gasteiger partial charge in [0.25, 0.3) is 10.1 Å². The molecule has 0 saturated heterocycles. The highest BCUT2D eigenvalue weighted by Crippen LogP contribution is 1.80. The van der Waals surface area contributed by atoms with Crippen molar-refractivity contribution in [2.24, 2.45) is 5.73 Å². The first-order chi connectivity index (χ1) is 5.45. The van der Waals surface area contributed by atoms with E-state index in [4.69, 9.17) is 10.3 Å². The molecule has 0 rings (SSSR count). The minimum Gasteiger partial charge on any atom is -0.355 e. The lowest BCUT2D eigenvalue weighted by atomic mass is 10.4. The van der Waals surface area contributed by atoms with Crippen molar-refractivity contribution in [3.05, 3.63) is 0 Å². The lowest BCUT2D eigenvalue weighted by Crippen LogP contribution is -2.30. The zero-order valence-corrected chi connectivity index (χ0v) is 7.30. The fourth-order valence-corrected chi connectivity index (χ4v) is 0.899. The first kappa shape index (κ1) is 11.3. The molecule has 0 radical (unpaired) electrons. The predicted octanol–water partition coefficient (Wildman–Crippen LogP) is -1.66. The molecule has 0 fully saturated rings. The summed E-state index contributed by atoms with van der Waals surface area (Å²) >= 11 is 0. The number of carbonyl (C=O) groups excluding carboxylic acids is 1. The van der Waals surface area contributed by atoms with Crippen molar-refractivity contribution in [3.8, 4) is 0 Å². The van der Waals surface area contributed by atoms with E-state index in [0.29, 0.717) is 0 Å². The molecule has 0 aromatic carbocycles. The summed E-state index contributed by atoms with van der Waals surface area (Å²) in [5.41, 5.74) is 5.06. The molecular formula is C5H12N2O4S. The normalized spacial score (nSPS) is 11.2. The van der Waals surface area contributed by atoms with E-state index in [-0.39, 0.29) is 25.4 Å². The van der Waals surface area contributed by atoms with E-state index in [9.17, 15) is 13.2 Å². The first-order valence-corrected chi connectivity index (χ1v) is 4.98. The predicted molar refractivity (Wildman–Crippen MR) is 43.1 cm³/mol. The molecule has 0 aromatic rings. The van der Waals surface area contributed by atoms with Crippen LogP contribution in [0.4, 0.5) is 0 Å². The molecule has 0 atom stereocenters. The van der Waals surface area contributed by atoms with Gasteiger partial charge in [-0.1, -0.05) is 0 Å². The Morgan fingerprint density at radius 3 is 2.50 bits per heavy atom. The fourth-order valence-electron chi connectivity index (χ4n) is 0.539. The van der Waals surface area contributed by atoms with Crippen molar-refractivity contribution < 1.29 is 17.8 Å². The maximum Gasteiger partial charge on any atom is 0.266 e. The summed E-state index contributed by atoms with van der Waals surface area (Å²) in [7, 11) is -3.98. The van der Waals surface area contributed by atoms with Crippen LogP contribution in [0.25, 0.3) is 0 Å². The molecule has 4 N–H and O–H groups in total. The second kappa shape index (κ2) is 5.07. The lowest BCUT2D eigenvalue weighted by molar-refractivity contribution is -0.120. The summed E-state index contributed by atoms with van der Waals surface area (Å²) < 4.78 is 28.6. The number of amides is 1. The SMILES string of the molecule is NCCC(=O)NCCS(=O)(=O)O. The third-order valence-corrected chi connectivity index (χ3v) is 1.77. The summed E-state index contributed by atoms with van der Waals surface area (Å²) in [4.78, 5) is 10.7. The van der Waals surface area contributed by atoms with Crippen LogP contribution >= 0.6 is 0 Å². The summed E-state index contributed by atoms with van der Waals surface area (Å²) in [5.74, 6) is -0.787. The van der Waals surface area contributed by atoms with Gasteiger partial charge < -0.3 is 11.1 Å². The highest BCUT2D eigenvalue weighted by Gasteiger charge is 2.04. The Bertz CT molecular complexity index is 236. The maximum absolute atomic E-state index is 10.7. The molecule has 0 unspecified atom stereocenters. The van der Waals surface area contributed by atoms with Gasteiger partial charge in [-0.15, -0.1) is 0 Å². The van der Waals surface area contributed by atoms with Gasteiger partial charge in [-0.2, -0.15) is 8.42 Å². The Morgan fingerprint density at radius 2 is 2.08 bits per heavy atom. The van der Waals surface area contributed by atoms with Crippen LogP contribution in [0.15, 0.2) is 0 Å². The van der Waals surface area contributed by atoms with Crippen LogP contribution in [-0.4, -0.2) is 37.7 Å². The van der Waals surface area contributed by atoms with E-state index in [1.165, 1.54) is 0 Å². The topological polar surface area (TPSA) is 109 Å². The van der Waals surface area contributed by atoms with E-state index >= 15 is 0 Å². The van der Waals surface area contributed by atoms with Gasteiger partial charge in [-0.3, -0.25) is 9.35 Å². The molecule has 1 amide bonds. The van der Waals surface area contributed by atoms with Gasteiger partial charge in [0, 0.05) is 19.5 Å². The van der Waals surface area contributed by atoms with E-state index in [0.717, 1.165) is 0 Å². The average Bonchev–Trinajstić information content (AvgIpc) is 1.84. The van der Waals surface area contributed by atoms with Crippen LogP contribution in [0.5, 0.6) is 0 Å². The largest absolute Gasteiger partial charge is 0.355 e. The number of nitrogens with two attached hydrogens (primary N) is 1. The smallest absolute Gasteiger partial charge is 0.266 e. The minimum absolute atomic E-state index is 0.0856. The van der Waals surface area contributed by atoms with E-state index < -0.39 is 15.9 Å². The molecule has 7 heteroatoms. The van der Waals surface area contributed by atoms with Gasteiger partial charge in [0.15, 0.2) is 0 Å². The fraction of sp³-hybridized carbons (Fsp3) is 0.800. The van der Waals surface area contributed by atoms with Crippen LogP contribution in [0.2, 0.25) is 0 Å². The molecule has 12 heavy (non-hydrogen) atoms. The third-order valence-electron chi connectivity index (χ3n) is 1.05. The van der Waals surface area contributed by atoms with Gasteiger partial charge in [-0.25, -0.2) is 0 Å². The highest BCUT2D eigenvalue weighted by molar-refractivity contribution is 7.85. The monoisotopic (exact) mass is 196 g/mol. The van der Waals surface area contributed by atoms with Gasteiger partial charge in [0.2, 0.25) is 5.91 Å². The Morgan fingerprint density at radius 1 is 1.50 bits per heavy atom. The molecule has 0 aliphatic heterocycles. The molecule has 72 valence electrons. The number of hydrogen-bond donors (Lipinski definition) is 3. The van der Waals surface area contributed by atoms with Crippen molar-refractivity contribution >= 4 is 16.0 Å². The van der Waals surface area contributed by atoms with Gasteiger partial charge in [0.05, 0.1) is 5.75 Å². The molecule has 6 nitrogen and oxygen atoms in total. The molecule has 0 heterocycles. The van der Waals surface area contributed by atoms with Crippen molar-refractivity contribution in [2.45, 2.75) is 6.42 Å². The molecule has 0 aliphatic rings. The summed E-state index contributed by atoms with van der Waals surface area (Å²) in [5, 5.41) is 2.28. The molecule has 0 saturated carbocycles. The minimum atomic E-state index is -3.98. The number of rotatable bonds is 5. The number of nitrogens with one attached hydrogen (secondary N) is 1. The van der Waals surface area contributed by atoms with Crippen LogP contribution in [0, 0.1) is 0 Å². The standard InChI is InChI=1S/C5H12N2O4S/c6-2-1-5(8)7-3-4-12(9,10)11/h1-4,6H2,(H,7,8)(H,9,10,11). The Labute approximate surface area is 70.9 Å². The van der Waals surface area contributed by atoms with E-state index in [1.54, 1.807) is 0 Å². The first-order valence-electron chi connectivity index (χ1n) is 3.37. The van der Waals surface area contributed by atoms with Crippen molar-refractivity contribution in [1.82, 2.24) is 5.32 Å². The average molecular weight is 196 g/mol. The van der Waals surface area contributed by atoms with Crippen LogP contribution in [-0.2, 0) is 14.9 Å².